The topological polar surface area (TPSA) is 75.3 Å². The summed E-state index contributed by atoms with van der Waals surface area (Å²) in [6.07, 6.45) is 0. The van der Waals surface area contributed by atoms with Gasteiger partial charge in [0.15, 0.2) is 0 Å². The first-order valence-corrected chi connectivity index (χ1v) is 5.99. The van der Waals surface area contributed by atoms with Crippen molar-refractivity contribution < 1.29 is 9.90 Å². The van der Waals surface area contributed by atoms with Crippen LogP contribution >= 0.6 is 0 Å². The molecule has 0 aromatic heterocycles. The predicted molar refractivity (Wildman–Crippen MR) is 74.8 cm³/mol. The Kier molecular flexibility index (Phi) is 3.82. The first kappa shape index (κ1) is 13.1. The zero-order valence-corrected chi connectivity index (χ0v) is 10.6. The summed E-state index contributed by atoms with van der Waals surface area (Å²) in [7, 11) is 0. The van der Waals surface area contributed by atoms with Crippen molar-refractivity contribution in [1.82, 2.24) is 0 Å². The number of carbonyl (C=O) groups is 1. The molecule has 19 heavy (non-hydrogen) atoms. The highest BCUT2D eigenvalue weighted by molar-refractivity contribution is 5.96. The van der Waals surface area contributed by atoms with E-state index in [9.17, 15) is 9.90 Å². The average molecular weight is 256 g/mol. The second-order valence-electron chi connectivity index (χ2n) is 4.38. The first-order chi connectivity index (χ1) is 9.08. The van der Waals surface area contributed by atoms with Gasteiger partial charge in [0.2, 0.25) is 5.91 Å². The molecule has 2 aromatic carbocycles. The predicted octanol–water partition coefficient (Wildman–Crippen LogP) is 2.34. The van der Waals surface area contributed by atoms with Crippen LogP contribution in [0.25, 0.3) is 0 Å². The molecule has 98 valence electrons. The Labute approximate surface area is 111 Å². The molecule has 0 aliphatic heterocycles. The van der Waals surface area contributed by atoms with Crippen molar-refractivity contribution >= 4 is 11.6 Å². The number of phenols is 1. The summed E-state index contributed by atoms with van der Waals surface area (Å²) in [5.74, 6) is -0.108. The number of nitrogens with two attached hydrogens (primary N) is 1. The summed E-state index contributed by atoms with van der Waals surface area (Å²) in [6.45, 7) is 1.81. The molecule has 1 amide bonds. The molecular weight excluding hydrogens is 240 g/mol. The minimum atomic E-state index is -0.714. The molecule has 0 heterocycles. The SMILES string of the molecule is Cc1cc(O)ccc1NC(=O)C(N)c1ccccc1. The van der Waals surface area contributed by atoms with Gasteiger partial charge in [-0.15, -0.1) is 0 Å². The summed E-state index contributed by atoms with van der Waals surface area (Å²) >= 11 is 0. The summed E-state index contributed by atoms with van der Waals surface area (Å²) < 4.78 is 0. The smallest absolute Gasteiger partial charge is 0.245 e. The highest BCUT2D eigenvalue weighted by Gasteiger charge is 2.16. The maximum absolute atomic E-state index is 12.1. The van der Waals surface area contributed by atoms with Crippen LogP contribution in [-0.2, 0) is 4.79 Å². The van der Waals surface area contributed by atoms with E-state index in [2.05, 4.69) is 5.32 Å². The fraction of sp³-hybridized carbons (Fsp3) is 0.133. The molecule has 0 aliphatic carbocycles. The largest absolute Gasteiger partial charge is 0.508 e. The summed E-state index contributed by atoms with van der Waals surface area (Å²) in [5, 5.41) is 12.1. The van der Waals surface area contributed by atoms with Crippen molar-refractivity contribution in [3.63, 3.8) is 0 Å². The van der Waals surface area contributed by atoms with Gasteiger partial charge in [-0.1, -0.05) is 30.3 Å². The van der Waals surface area contributed by atoms with Crippen molar-refractivity contribution in [3.8, 4) is 5.75 Å². The van der Waals surface area contributed by atoms with E-state index in [1.54, 1.807) is 12.1 Å². The molecule has 0 bridgehead atoms. The Hall–Kier alpha value is -2.33. The molecule has 4 heteroatoms. The first-order valence-electron chi connectivity index (χ1n) is 5.99. The van der Waals surface area contributed by atoms with E-state index in [1.165, 1.54) is 6.07 Å². The van der Waals surface area contributed by atoms with E-state index >= 15 is 0 Å². The second kappa shape index (κ2) is 5.54. The number of aromatic hydroxyl groups is 1. The van der Waals surface area contributed by atoms with Gasteiger partial charge in [-0.3, -0.25) is 4.79 Å². The molecule has 0 fully saturated rings. The van der Waals surface area contributed by atoms with Gasteiger partial charge < -0.3 is 16.2 Å². The van der Waals surface area contributed by atoms with E-state index in [0.29, 0.717) is 5.69 Å². The van der Waals surface area contributed by atoms with Crippen LogP contribution in [0, 0.1) is 6.92 Å². The van der Waals surface area contributed by atoms with Crippen LogP contribution in [0.3, 0.4) is 0 Å². The molecule has 1 atom stereocenters. The van der Waals surface area contributed by atoms with Crippen molar-refractivity contribution in [3.05, 3.63) is 59.7 Å². The zero-order valence-electron chi connectivity index (χ0n) is 10.6. The zero-order chi connectivity index (χ0) is 13.8. The Morgan fingerprint density at radius 1 is 1.21 bits per heavy atom. The third-order valence-corrected chi connectivity index (χ3v) is 2.91. The van der Waals surface area contributed by atoms with E-state index in [1.807, 2.05) is 37.3 Å². The quantitative estimate of drug-likeness (QED) is 0.738. The van der Waals surface area contributed by atoms with Crippen molar-refractivity contribution in [2.75, 3.05) is 5.32 Å². The number of rotatable bonds is 3. The fourth-order valence-electron chi connectivity index (χ4n) is 1.81. The molecule has 0 spiro atoms. The van der Waals surface area contributed by atoms with E-state index < -0.39 is 6.04 Å². The van der Waals surface area contributed by atoms with Gasteiger partial charge in [-0.2, -0.15) is 0 Å². The van der Waals surface area contributed by atoms with Gasteiger partial charge in [-0.25, -0.2) is 0 Å². The minimum absolute atomic E-state index is 0.169. The number of nitrogens with one attached hydrogen (secondary N) is 1. The van der Waals surface area contributed by atoms with Gasteiger partial charge in [-0.05, 0) is 36.2 Å². The minimum Gasteiger partial charge on any atom is -0.508 e. The molecule has 0 saturated heterocycles. The number of carbonyl (C=O) groups excluding carboxylic acids is 1. The lowest BCUT2D eigenvalue weighted by Crippen LogP contribution is -2.27. The van der Waals surface area contributed by atoms with Gasteiger partial charge in [0.25, 0.3) is 0 Å². The Morgan fingerprint density at radius 3 is 2.53 bits per heavy atom. The maximum atomic E-state index is 12.1. The molecule has 2 rings (SSSR count). The molecule has 4 nitrogen and oxygen atoms in total. The van der Waals surface area contributed by atoms with Crippen LogP contribution in [0.4, 0.5) is 5.69 Å². The van der Waals surface area contributed by atoms with Crippen molar-refractivity contribution in [2.24, 2.45) is 5.73 Å². The van der Waals surface area contributed by atoms with Crippen molar-refractivity contribution in [2.45, 2.75) is 13.0 Å². The van der Waals surface area contributed by atoms with Gasteiger partial charge >= 0.3 is 0 Å². The summed E-state index contributed by atoms with van der Waals surface area (Å²) in [4.78, 5) is 12.1. The molecular formula is C15H16N2O2. The van der Waals surface area contributed by atoms with Gasteiger partial charge in [0, 0.05) is 5.69 Å². The average Bonchev–Trinajstić information content (AvgIpc) is 2.42. The van der Waals surface area contributed by atoms with Crippen LogP contribution in [0.2, 0.25) is 0 Å². The third kappa shape index (κ3) is 3.11. The Balaban J connectivity index is 2.13. The number of anilines is 1. The number of amides is 1. The van der Waals surface area contributed by atoms with Gasteiger partial charge in [0.1, 0.15) is 11.8 Å². The molecule has 0 aliphatic rings. The van der Waals surface area contributed by atoms with Crippen LogP contribution in [0.15, 0.2) is 48.5 Å². The maximum Gasteiger partial charge on any atom is 0.245 e. The van der Waals surface area contributed by atoms with E-state index in [0.717, 1.165) is 11.1 Å². The number of hydrogen-bond donors (Lipinski definition) is 3. The number of hydrogen-bond acceptors (Lipinski definition) is 3. The van der Waals surface area contributed by atoms with Gasteiger partial charge in [0.05, 0.1) is 0 Å². The number of aryl methyl sites for hydroxylation is 1. The lowest BCUT2D eigenvalue weighted by atomic mass is 10.1. The lowest BCUT2D eigenvalue weighted by molar-refractivity contribution is -0.117. The normalized spacial score (nSPS) is 11.9. The van der Waals surface area contributed by atoms with Crippen LogP contribution < -0.4 is 11.1 Å². The monoisotopic (exact) mass is 256 g/mol. The highest BCUT2D eigenvalue weighted by Crippen LogP contribution is 2.21. The van der Waals surface area contributed by atoms with Crippen LogP contribution in [0.5, 0.6) is 5.75 Å². The van der Waals surface area contributed by atoms with Crippen LogP contribution in [-0.4, -0.2) is 11.0 Å². The molecule has 4 N–H and O–H groups in total. The lowest BCUT2D eigenvalue weighted by Gasteiger charge is -2.14. The molecule has 0 saturated carbocycles. The fourth-order valence-corrected chi connectivity index (χ4v) is 1.81. The number of benzene rings is 2. The summed E-state index contributed by atoms with van der Waals surface area (Å²) in [6, 6.07) is 13.2. The molecule has 0 radical (unpaired) electrons. The van der Waals surface area contributed by atoms with E-state index in [-0.39, 0.29) is 11.7 Å². The molecule has 2 aromatic rings. The number of phenolic OH excluding ortho intramolecular Hbond substituents is 1. The highest BCUT2D eigenvalue weighted by atomic mass is 16.3. The Bertz CT molecular complexity index is 582. The van der Waals surface area contributed by atoms with Crippen LogP contribution in [0.1, 0.15) is 17.2 Å². The Morgan fingerprint density at radius 2 is 1.89 bits per heavy atom. The third-order valence-electron chi connectivity index (χ3n) is 2.91. The van der Waals surface area contributed by atoms with Crippen molar-refractivity contribution in [1.29, 1.82) is 0 Å². The molecule has 1 unspecified atom stereocenters. The second-order valence-corrected chi connectivity index (χ2v) is 4.38. The standard InChI is InChI=1S/C15H16N2O2/c1-10-9-12(18)7-8-13(10)17-15(19)14(16)11-5-3-2-4-6-11/h2-9,14,18H,16H2,1H3,(H,17,19). The summed E-state index contributed by atoms with van der Waals surface area (Å²) in [5.41, 5.74) is 8.10. The van der Waals surface area contributed by atoms with E-state index in [4.69, 9.17) is 5.73 Å².